The fourth-order valence-corrected chi connectivity index (χ4v) is 2.12. The number of carbonyl (C=O) groups excluding carboxylic acids is 1. The second kappa shape index (κ2) is 5.40. The molecule has 100 valence electrons. The molecule has 1 aromatic heterocycles. The smallest absolute Gasteiger partial charge is 0.252 e. The number of hydrogen-bond donors (Lipinski definition) is 1. The van der Waals surface area contributed by atoms with Gasteiger partial charge in [-0.25, -0.2) is 18.2 Å². The van der Waals surface area contributed by atoms with Gasteiger partial charge in [-0.3, -0.25) is 4.79 Å². The fraction of sp³-hybridized carbons (Fsp3) is 0.167. The number of nitrogens with zero attached hydrogens (tertiary/aromatic N) is 1. The second-order valence-electron chi connectivity index (χ2n) is 3.82. The van der Waals surface area contributed by atoms with E-state index >= 15 is 0 Å². The van der Waals surface area contributed by atoms with E-state index in [1.54, 1.807) is 18.5 Å². The first-order valence-corrected chi connectivity index (χ1v) is 6.22. The van der Waals surface area contributed by atoms with E-state index in [0.29, 0.717) is 17.1 Å². The van der Waals surface area contributed by atoms with Gasteiger partial charge in [-0.2, -0.15) is 0 Å². The van der Waals surface area contributed by atoms with E-state index in [9.17, 15) is 18.0 Å². The first-order chi connectivity index (χ1) is 8.99. The molecular formula is C12H9F3N2OS. The molecule has 0 saturated carbocycles. The molecule has 2 rings (SSSR count). The molecular weight excluding hydrogens is 277 g/mol. The lowest BCUT2D eigenvalue weighted by Crippen LogP contribution is -2.26. The summed E-state index contributed by atoms with van der Waals surface area (Å²) < 4.78 is 38.8. The molecule has 2 aromatic rings. The number of rotatable bonds is 3. The van der Waals surface area contributed by atoms with Crippen LogP contribution in [0.5, 0.6) is 0 Å². The number of carbonyl (C=O) groups is 1. The maximum absolute atomic E-state index is 13.0. The van der Waals surface area contributed by atoms with Gasteiger partial charge in [0.15, 0.2) is 17.5 Å². The summed E-state index contributed by atoms with van der Waals surface area (Å²) in [5, 5.41) is 4.93. The summed E-state index contributed by atoms with van der Waals surface area (Å²) >= 11 is 1.34. The molecule has 19 heavy (non-hydrogen) atoms. The third-order valence-electron chi connectivity index (χ3n) is 2.42. The average Bonchev–Trinajstić information content (AvgIpc) is 2.89. The van der Waals surface area contributed by atoms with E-state index < -0.39 is 29.4 Å². The Morgan fingerprint density at radius 2 is 1.95 bits per heavy atom. The van der Waals surface area contributed by atoms with Crippen LogP contribution >= 0.6 is 11.3 Å². The third-order valence-corrected chi connectivity index (χ3v) is 3.37. The van der Waals surface area contributed by atoms with Crippen LogP contribution in [0, 0.1) is 17.5 Å². The van der Waals surface area contributed by atoms with Crippen LogP contribution in [-0.2, 0) is 0 Å². The molecule has 7 heteroatoms. The SMILES string of the molecule is CC(NC(=O)c1cc(F)c(F)c(F)c1)c1nccs1. The van der Waals surface area contributed by atoms with Gasteiger partial charge in [0.1, 0.15) is 5.01 Å². The molecule has 1 amide bonds. The van der Waals surface area contributed by atoms with Gasteiger partial charge in [-0.15, -0.1) is 11.3 Å². The molecule has 0 aliphatic rings. The van der Waals surface area contributed by atoms with Crippen LogP contribution in [0.15, 0.2) is 23.7 Å². The third kappa shape index (κ3) is 2.93. The lowest BCUT2D eigenvalue weighted by Gasteiger charge is -2.11. The minimum Gasteiger partial charge on any atom is -0.343 e. The van der Waals surface area contributed by atoms with E-state index in [0.717, 1.165) is 0 Å². The zero-order chi connectivity index (χ0) is 14.0. The minimum absolute atomic E-state index is 0.278. The van der Waals surface area contributed by atoms with Crippen molar-refractivity contribution in [3.8, 4) is 0 Å². The Bertz CT molecular complexity index is 578. The van der Waals surface area contributed by atoms with Crippen molar-refractivity contribution in [3.05, 3.63) is 51.7 Å². The summed E-state index contributed by atoms with van der Waals surface area (Å²) in [4.78, 5) is 15.8. The van der Waals surface area contributed by atoms with Gasteiger partial charge in [-0.1, -0.05) is 0 Å². The number of nitrogens with one attached hydrogen (secondary N) is 1. The summed E-state index contributed by atoms with van der Waals surface area (Å²) in [6, 6.07) is 0.911. The van der Waals surface area contributed by atoms with Gasteiger partial charge in [0, 0.05) is 17.1 Å². The predicted octanol–water partition coefficient (Wildman–Crippen LogP) is 3.05. The summed E-state index contributed by atoms with van der Waals surface area (Å²) in [5.41, 5.74) is -0.278. The summed E-state index contributed by atoms with van der Waals surface area (Å²) in [6.07, 6.45) is 1.58. The number of benzene rings is 1. The Morgan fingerprint density at radius 1 is 1.32 bits per heavy atom. The zero-order valence-corrected chi connectivity index (χ0v) is 10.6. The van der Waals surface area contributed by atoms with Crippen molar-refractivity contribution in [3.63, 3.8) is 0 Å². The highest BCUT2D eigenvalue weighted by Crippen LogP contribution is 2.17. The highest BCUT2D eigenvalue weighted by Gasteiger charge is 2.17. The highest BCUT2D eigenvalue weighted by atomic mass is 32.1. The van der Waals surface area contributed by atoms with Crippen molar-refractivity contribution in [2.45, 2.75) is 13.0 Å². The van der Waals surface area contributed by atoms with Crippen molar-refractivity contribution in [1.82, 2.24) is 10.3 Å². The summed E-state index contributed by atoms with van der Waals surface area (Å²) in [7, 11) is 0. The van der Waals surface area contributed by atoms with E-state index in [1.165, 1.54) is 11.3 Å². The Labute approximate surface area is 111 Å². The molecule has 0 saturated heterocycles. The van der Waals surface area contributed by atoms with Gasteiger partial charge in [0.2, 0.25) is 0 Å². The number of amides is 1. The van der Waals surface area contributed by atoms with Crippen LogP contribution in [0.2, 0.25) is 0 Å². The predicted molar refractivity (Wildman–Crippen MR) is 64.3 cm³/mol. The van der Waals surface area contributed by atoms with Crippen LogP contribution in [0.4, 0.5) is 13.2 Å². The van der Waals surface area contributed by atoms with Gasteiger partial charge in [0.05, 0.1) is 6.04 Å². The highest BCUT2D eigenvalue weighted by molar-refractivity contribution is 7.09. The normalized spacial score (nSPS) is 12.2. The standard InChI is InChI=1S/C12H9F3N2OS/c1-6(12-16-2-3-19-12)17-11(18)7-4-8(13)10(15)9(14)5-7/h2-6H,1H3,(H,17,18). The molecule has 0 fully saturated rings. The van der Waals surface area contributed by atoms with Crippen LogP contribution in [0.1, 0.15) is 28.3 Å². The zero-order valence-electron chi connectivity index (χ0n) is 9.78. The number of hydrogen-bond acceptors (Lipinski definition) is 3. The Kier molecular flexibility index (Phi) is 3.84. The lowest BCUT2D eigenvalue weighted by atomic mass is 10.2. The molecule has 1 N–H and O–H groups in total. The Hall–Kier alpha value is -1.89. The van der Waals surface area contributed by atoms with Gasteiger partial charge >= 0.3 is 0 Å². The maximum Gasteiger partial charge on any atom is 0.252 e. The van der Waals surface area contributed by atoms with Crippen LogP contribution < -0.4 is 5.32 Å². The van der Waals surface area contributed by atoms with Gasteiger partial charge < -0.3 is 5.32 Å². The quantitative estimate of drug-likeness (QED) is 0.881. The van der Waals surface area contributed by atoms with Gasteiger partial charge in [-0.05, 0) is 19.1 Å². The molecule has 0 bridgehead atoms. The van der Waals surface area contributed by atoms with E-state index in [1.807, 2.05) is 0 Å². The average molecular weight is 286 g/mol. The first-order valence-electron chi connectivity index (χ1n) is 5.34. The summed E-state index contributed by atoms with van der Waals surface area (Å²) in [5.74, 6) is -5.08. The fourth-order valence-electron chi connectivity index (χ4n) is 1.48. The maximum atomic E-state index is 13.0. The van der Waals surface area contributed by atoms with Crippen LogP contribution in [0.25, 0.3) is 0 Å². The molecule has 1 unspecified atom stereocenters. The molecule has 3 nitrogen and oxygen atoms in total. The number of thiazole rings is 1. The van der Waals surface area contributed by atoms with E-state index in [2.05, 4.69) is 10.3 Å². The second-order valence-corrected chi connectivity index (χ2v) is 4.75. The van der Waals surface area contributed by atoms with E-state index in [-0.39, 0.29) is 5.56 Å². The van der Waals surface area contributed by atoms with Crippen molar-refractivity contribution < 1.29 is 18.0 Å². The van der Waals surface area contributed by atoms with Crippen molar-refractivity contribution in [2.24, 2.45) is 0 Å². The Morgan fingerprint density at radius 3 is 2.47 bits per heavy atom. The number of halogens is 3. The van der Waals surface area contributed by atoms with Crippen molar-refractivity contribution in [1.29, 1.82) is 0 Å². The molecule has 0 spiro atoms. The van der Waals surface area contributed by atoms with Crippen LogP contribution in [-0.4, -0.2) is 10.9 Å². The molecule has 1 heterocycles. The number of aromatic nitrogens is 1. The van der Waals surface area contributed by atoms with Crippen molar-refractivity contribution >= 4 is 17.2 Å². The van der Waals surface area contributed by atoms with Crippen LogP contribution in [0.3, 0.4) is 0 Å². The molecule has 0 aliphatic heterocycles. The topological polar surface area (TPSA) is 42.0 Å². The largest absolute Gasteiger partial charge is 0.343 e. The van der Waals surface area contributed by atoms with E-state index in [4.69, 9.17) is 0 Å². The molecule has 1 atom stereocenters. The molecule has 0 aliphatic carbocycles. The Balaban J connectivity index is 2.16. The first kappa shape index (κ1) is 13.5. The lowest BCUT2D eigenvalue weighted by molar-refractivity contribution is 0.0938. The minimum atomic E-state index is -1.59. The monoisotopic (exact) mass is 286 g/mol. The summed E-state index contributed by atoms with van der Waals surface area (Å²) in [6.45, 7) is 1.69. The molecule has 1 aromatic carbocycles. The molecule has 0 radical (unpaired) electrons. The van der Waals surface area contributed by atoms with Crippen molar-refractivity contribution in [2.75, 3.05) is 0 Å². The van der Waals surface area contributed by atoms with Gasteiger partial charge in [0.25, 0.3) is 5.91 Å².